The first kappa shape index (κ1) is 16.5. The molecule has 3 N–H and O–H groups in total. The van der Waals surface area contributed by atoms with Crippen molar-refractivity contribution in [3.05, 3.63) is 29.8 Å². The van der Waals surface area contributed by atoms with Gasteiger partial charge in [0.2, 0.25) is 11.8 Å². The number of nitrogens with two attached hydrogens (primary N) is 1. The molecule has 0 bridgehead atoms. The highest BCUT2D eigenvalue weighted by atomic mass is 16.2. The van der Waals surface area contributed by atoms with Gasteiger partial charge in [0.15, 0.2) is 0 Å². The van der Waals surface area contributed by atoms with Crippen LogP contribution in [0.5, 0.6) is 0 Å². The van der Waals surface area contributed by atoms with Gasteiger partial charge in [0.1, 0.15) is 0 Å². The summed E-state index contributed by atoms with van der Waals surface area (Å²) in [6.07, 6.45) is 4.09. The highest BCUT2D eigenvalue weighted by Gasteiger charge is 2.38. The third-order valence-corrected chi connectivity index (χ3v) is 5.05. The zero-order valence-electron chi connectivity index (χ0n) is 13.7. The van der Waals surface area contributed by atoms with Crippen molar-refractivity contribution in [3.8, 4) is 0 Å². The molecule has 1 aliphatic carbocycles. The van der Waals surface area contributed by atoms with Crippen molar-refractivity contribution in [1.29, 1.82) is 0 Å². The highest BCUT2D eigenvalue weighted by Crippen LogP contribution is 2.41. The molecule has 2 rings (SSSR count). The average Bonchev–Trinajstić information content (AvgIpc) is 2.48. The minimum Gasteiger partial charge on any atom is -0.366 e. The first-order valence-electron chi connectivity index (χ1n) is 8.03. The summed E-state index contributed by atoms with van der Waals surface area (Å²) in [5.74, 6) is 1.03. The highest BCUT2D eigenvalue weighted by molar-refractivity contribution is 5.96. The van der Waals surface area contributed by atoms with Gasteiger partial charge in [0.25, 0.3) is 0 Å². The van der Waals surface area contributed by atoms with Gasteiger partial charge in [-0.15, -0.1) is 0 Å². The lowest BCUT2D eigenvalue weighted by Gasteiger charge is -2.37. The Morgan fingerprint density at radius 3 is 2.18 bits per heavy atom. The third kappa shape index (κ3) is 3.67. The second-order valence-corrected chi connectivity index (χ2v) is 7.04. The summed E-state index contributed by atoms with van der Waals surface area (Å²) in [6, 6.07) is 6.72. The van der Waals surface area contributed by atoms with E-state index in [0.717, 1.165) is 31.6 Å². The molecule has 1 fully saturated rings. The van der Waals surface area contributed by atoms with Crippen molar-refractivity contribution >= 4 is 17.5 Å². The number of primary amides is 1. The molecule has 4 nitrogen and oxygen atoms in total. The third-order valence-electron chi connectivity index (χ3n) is 5.05. The van der Waals surface area contributed by atoms with Gasteiger partial charge in [-0.3, -0.25) is 9.59 Å². The molecule has 0 unspecified atom stereocenters. The summed E-state index contributed by atoms with van der Waals surface area (Å²) in [7, 11) is 0. The van der Waals surface area contributed by atoms with Crippen LogP contribution in [0.2, 0.25) is 0 Å². The predicted molar refractivity (Wildman–Crippen MR) is 88.5 cm³/mol. The molecule has 1 saturated carbocycles. The van der Waals surface area contributed by atoms with Gasteiger partial charge in [-0.1, -0.05) is 20.8 Å². The number of carbonyl (C=O) groups excluding carboxylic acids is 2. The normalized spacial score (nSPS) is 25.0. The van der Waals surface area contributed by atoms with E-state index in [1.54, 1.807) is 24.3 Å². The largest absolute Gasteiger partial charge is 0.366 e. The van der Waals surface area contributed by atoms with Gasteiger partial charge in [0.05, 0.1) is 0 Å². The summed E-state index contributed by atoms with van der Waals surface area (Å²) < 4.78 is 0. The minimum atomic E-state index is -0.461. The van der Waals surface area contributed by atoms with Gasteiger partial charge in [0, 0.05) is 16.7 Å². The van der Waals surface area contributed by atoms with Crippen molar-refractivity contribution in [2.45, 2.75) is 46.5 Å². The molecule has 22 heavy (non-hydrogen) atoms. The molecule has 0 heterocycles. The van der Waals surface area contributed by atoms with E-state index in [4.69, 9.17) is 5.73 Å². The average molecular weight is 302 g/mol. The van der Waals surface area contributed by atoms with Crippen molar-refractivity contribution in [2.75, 3.05) is 5.32 Å². The number of hydrogen-bond acceptors (Lipinski definition) is 2. The lowest BCUT2D eigenvalue weighted by molar-refractivity contribution is -0.127. The van der Waals surface area contributed by atoms with Crippen molar-refractivity contribution in [3.63, 3.8) is 0 Å². The number of anilines is 1. The second-order valence-electron chi connectivity index (χ2n) is 7.04. The fourth-order valence-electron chi connectivity index (χ4n) is 3.17. The molecule has 120 valence electrons. The van der Waals surface area contributed by atoms with Crippen LogP contribution in [0.1, 0.15) is 56.8 Å². The summed E-state index contributed by atoms with van der Waals surface area (Å²) >= 11 is 0. The Bertz CT molecular complexity index is 541. The Balaban J connectivity index is 1.98. The van der Waals surface area contributed by atoms with E-state index in [9.17, 15) is 9.59 Å². The number of hydrogen-bond donors (Lipinski definition) is 2. The van der Waals surface area contributed by atoms with E-state index >= 15 is 0 Å². The minimum absolute atomic E-state index is 0.0709. The molecular formula is C18H26N2O2. The monoisotopic (exact) mass is 302 g/mol. The molecule has 0 spiro atoms. The van der Waals surface area contributed by atoms with E-state index in [1.807, 2.05) is 0 Å². The van der Waals surface area contributed by atoms with Gasteiger partial charge in [-0.05, 0) is 61.8 Å². The molecule has 0 saturated heterocycles. The SMILES string of the molecule is CC(C)C1CCC(C)(C(=O)Nc2ccc(C(N)=O)cc2)CC1. The summed E-state index contributed by atoms with van der Waals surface area (Å²) in [6.45, 7) is 6.57. The van der Waals surface area contributed by atoms with Crippen LogP contribution < -0.4 is 11.1 Å². The van der Waals surface area contributed by atoms with Crippen LogP contribution in [0, 0.1) is 17.3 Å². The number of carbonyl (C=O) groups is 2. The first-order chi connectivity index (χ1) is 10.3. The molecule has 1 aromatic rings. The topological polar surface area (TPSA) is 72.2 Å². The number of rotatable bonds is 4. The lowest BCUT2D eigenvalue weighted by Crippen LogP contribution is -2.37. The van der Waals surface area contributed by atoms with Crippen molar-refractivity contribution in [2.24, 2.45) is 23.0 Å². The maximum absolute atomic E-state index is 12.6. The maximum atomic E-state index is 12.6. The zero-order chi connectivity index (χ0) is 16.3. The standard InChI is InChI=1S/C18H26N2O2/c1-12(2)13-8-10-18(3,11-9-13)17(22)20-15-6-4-14(5-7-15)16(19)21/h4-7,12-13H,8-11H2,1-3H3,(H2,19,21)(H,20,22). The summed E-state index contributed by atoms with van der Waals surface area (Å²) in [5.41, 5.74) is 6.07. The van der Waals surface area contributed by atoms with Crippen LogP contribution in [0.4, 0.5) is 5.69 Å². The van der Waals surface area contributed by atoms with Crippen LogP contribution >= 0.6 is 0 Å². The number of nitrogens with one attached hydrogen (secondary N) is 1. The van der Waals surface area contributed by atoms with E-state index < -0.39 is 5.91 Å². The Labute approximate surface area is 132 Å². The van der Waals surface area contributed by atoms with Crippen LogP contribution in [-0.2, 0) is 4.79 Å². The fraction of sp³-hybridized carbons (Fsp3) is 0.556. The number of amides is 2. The molecule has 0 atom stereocenters. The van der Waals surface area contributed by atoms with Crippen molar-refractivity contribution < 1.29 is 9.59 Å². The molecule has 4 heteroatoms. The van der Waals surface area contributed by atoms with Crippen LogP contribution in [0.25, 0.3) is 0 Å². The van der Waals surface area contributed by atoms with E-state index in [-0.39, 0.29) is 11.3 Å². The lowest BCUT2D eigenvalue weighted by atomic mass is 9.68. The maximum Gasteiger partial charge on any atom is 0.248 e. The van der Waals surface area contributed by atoms with E-state index in [2.05, 4.69) is 26.1 Å². The second kappa shape index (κ2) is 6.51. The Hall–Kier alpha value is -1.84. The quantitative estimate of drug-likeness (QED) is 0.892. The summed E-state index contributed by atoms with van der Waals surface area (Å²) in [5, 5.41) is 2.97. The molecular weight excluding hydrogens is 276 g/mol. The molecule has 0 aromatic heterocycles. The van der Waals surface area contributed by atoms with Gasteiger partial charge in [-0.25, -0.2) is 0 Å². The van der Waals surface area contributed by atoms with Crippen LogP contribution in [0.3, 0.4) is 0 Å². The summed E-state index contributed by atoms with van der Waals surface area (Å²) in [4.78, 5) is 23.6. The van der Waals surface area contributed by atoms with Gasteiger partial charge in [-0.2, -0.15) is 0 Å². The fourth-order valence-corrected chi connectivity index (χ4v) is 3.17. The van der Waals surface area contributed by atoms with E-state index in [1.165, 1.54) is 0 Å². The van der Waals surface area contributed by atoms with E-state index in [0.29, 0.717) is 17.2 Å². The Kier molecular flexibility index (Phi) is 4.89. The van der Waals surface area contributed by atoms with Crippen LogP contribution in [0.15, 0.2) is 24.3 Å². The van der Waals surface area contributed by atoms with Crippen LogP contribution in [-0.4, -0.2) is 11.8 Å². The molecule has 1 aromatic carbocycles. The Morgan fingerprint density at radius 2 is 1.73 bits per heavy atom. The predicted octanol–water partition coefficient (Wildman–Crippen LogP) is 3.58. The smallest absolute Gasteiger partial charge is 0.248 e. The first-order valence-corrected chi connectivity index (χ1v) is 8.03. The molecule has 0 aliphatic heterocycles. The van der Waals surface area contributed by atoms with Gasteiger partial charge >= 0.3 is 0 Å². The Morgan fingerprint density at radius 1 is 1.18 bits per heavy atom. The molecule has 0 radical (unpaired) electrons. The molecule has 2 amide bonds. The molecule has 1 aliphatic rings. The van der Waals surface area contributed by atoms with Crippen molar-refractivity contribution in [1.82, 2.24) is 0 Å². The van der Waals surface area contributed by atoms with Gasteiger partial charge < -0.3 is 11.1 Å². The zero-order valence-corrected chi connectivity index (χ0v) is 13.7. The number of benzene rings is 1.